The molecule has 0 N–H and O–H groups in total. The topological polar surface area (TPSA) is 25.2 Å². The second-order valence-electron chi connectivity index (χ2n) is 5.79. The normalized spacial score (nSPS) is 23.8. The second kappa shape index (κ2) is 4.23. The summed E-state index contributed by atoms with van der Waals surface area (Å²) in [5.41, 5.74) is 3.81. The fourth-order valence-corrected chi connectivity index (χ4v) is 3.56. The molecule has 1 aromatic heterocycles. The molecule has 0 bridgehead atoms. The van der Waals surface area contributed by atoms with Crippen LogP contribution in [0.1, 0.15) is 35.7 Å². The lowest BCUT2D eigenvalue weighted by Crippen LogP contribution is -2.45. The van der Waals surface area contributed by atoms with E-state index in [2.05, 4.69) is 52.9 Å². The monoisotopic (exact) mass is 266 g/mol. The number of hydrogen-bond acceptors (Lipinski definition) is 1. The number of amides is 1. The van der Waals surface area contributed by atoms with E-state index in [-0.39, 0.29) is 12.0 Å². The van der Waals surface area contributed by atoms with E-state index in [1.54, 1.807) is 0 Å². The van der Waals surface area contributed by atoms with E-state index in [0.717, 1.165) is 19.5 Å². The van der Waals surface area contributed by atoms with Crippen LogP contribution >= 0.6 is 0 Å². The molecule has 0 fully saturated rings. The van der Waals surface area contributed by atoms with Gasteiger partial charge in [0.25, 0.3) is 0 Å². The Balaban J connectivity index is 1.59. The molecule has 4 rings (SSSR count). The Morgan fingerprint density at radius 1 is 1.15 bits per heavy atom. The summed E-state index contributed by atoms with van der Waals surface area (Å²) in [5.74, 6) is 0.374. The van der Waals surface area contributed by atoms with E-state index in [1.807, 2.05) is 6.07 Å². The highest BCUT2D eigenvalue weighted by atomic mass is 16.2. The quantitative estimate of drug-likeness (QED) is 0.779. The first-order valence-corrected chi connectivity index (χ1v) is 7.29. The summed E-state index contributed by atoms with van der Waals surface area (Å²) < 4.78 is 2.25. The summed E-state index contributed by atoms with van der Waals surface area (Å²) in [6.07, 6.45) is 3.01. The van der Waals surface area contributed by atoms with Crippen LogP contribution in [0.4, 0.5) is 0 Å². The Hall–Kier alpha value is -2.03. The Kier molecular flexibility index (Phi) is 2.49. The molecule has 0 unspecified atom stereocenters. The first-order valence-electron chi connectivity index (χ1n) is 7.29. The van der Waals surface area contributed by atoms with Crippen molar-refractivity contribution in [3.05, 3.63) is 59.4 Å². The summed E-state index contributed by atoms with van der Waals surface area (Å²) in [6.45, 7) is 3.86. The number of carbonyl (C=O) groups is 1. The van der Waals surface area contributed by atoms with Gasteiger partial charge in [-0.2, -0.15) is 0 Å². The summed E-state index contributed by atoms with van der Waals surface area (Å²) in [6, 6.07) is 12.7. The van der Waals surface area contributed by atoms with Crippen molar-refractivity contribution in [3.8, 4) is 0 Å². The molecular formula is C17H18N2O. The number of aromatic nitrogens is 1. The third-order valence-electron chi connectivity index (χ3n) is 4.78. The number of nitrogens with zero attached hydrogens (tertiary/aromatic N) is 2. The minimum absolute atomic E-state index is 0.0789. The summed E-state index contributed by atoms with van der Waals surface area (Å²) in [4.78, 5) is 14.9. The summed E-state index contributed by atoms with van der Waals surface area (Å²) >= 11 is 0. The molecule has 20 heavy (non-hydrogen) atoms. The fraction of sp³-hybridized carbons (Fsp3) is 0.353. The van der Waals surface area contributed by atoms with Crippen LogP contribution in [0, 0.1) is 0 Å². The average molecular weight is 266 g/mol. The van der Waals surface area contributed by atoms with Gasteiger partial charge in [-0.05, 0) is 36.6 Å². The van der Waals surface area contributed by atoms with Gasteiger partial charge in [0.2, 0.25) is 5.91 Å². The van der Waals surface area contributed by atoms with Crippen LogP contribution in [0.5, 0.6) is 0 Å². The van der Waals surface area contributed by atoms with Crippen molar-refractivity contribution in [3.63, 3.8) is 0 Å². The van der Waals surface area contributed by atoms with Crippen molar-refractivity contribution in [2.24, 2.45) is 0 Å². The van der Waals surface area contributed by atoms with Gasteiger partial charge >= 0.3 is 0 Å². The molecule has 1 aliphatic heterocycles. The van der Waals surface area contributed by atoms with Gasteiger partial charge in [-0.25, -0.2) is 0 Å². The van der Waals surface area contributed by atoms with Gasteiger partial charge in [0.1, 0.15) is 0 Å². The molecule has 3 heteroatoms. The van der Waals surface area contributed by atoms with Gasteiger partial charge in [-0.15, -0.1) is 0 Å². The molecule has 2 heterocycles. The van der Waals surface area contributed by atoms with Crippen molar-refractivity contribution in [2.45, 2.75) is 31.8 Å². The number of fused-ring (bicyclic) bond motifs is 2. The molecule has 2 aromatic rings. The van der Waals surface area contributed by atoms with Crippen molar-refractivity contribution in [1.82, 2.24) is 9.47 Å². The molecule has 1 amide bonds. The molecule has 2 aliphatic rings. The van der Waals surface area contributed by atoms with E-state index in [0.29, 0.717) is 5.91 Å². The Morgan fingerprint density at radius 2 is 2.00 bits per heavy atom. The zero-order valence-electron chi connectivity index (χ0n) is 11.6. The lowest BCUT2D eigenvalue weighted by atomic mass is 9.76. The number of rotatable bonds is 1. The molecule has 1 aromatic carbocycles. The molecule has 0 saturated heterocycles. The van der Waals surface area contributed by atoms with Crippen LogP contribution in [0.3, 0.4) is 0 Å². The molecule has 2 atom stereocenters. The number of hydrogen-bond donors (Lipinski definition) is 0. The third kappa shape index (κ3) is 1.56. The van der Waals surface area contributed by atoms with E-state index < -0.39 is 0 Å². The Bertz CT molecular complexity index is 673. The maximum atomic E-state index is 12.8. The first-order chi connectivity index (χ1) is 9.75. The minimum atomic E-state index is 0.0789. The smallest absolute Gasteiger partial charge is 0.231 e. The van der Waals surface area contributed by atoms with Crippen LogP contribution in [0.25, 0.3) is 0 Å². The zero-order valence-corrected chi connectivity index (χ0v) is 11.6. The van der Waals surface area contributed by atoms with Crippen LogP contribution < -0.4 is 0 Å². The van der Waals surface area contributed by atoms with Gasteiger partial charge in [-0.1, -0.05) is 24.3 Å². The molecule has 0 saturated carbocycles. The predicted octanol–water partition coefficient (Wildman–Crippen LogP) is 2.73. The molecule has 3 nitrogen and oxygen atoms in total. The van der Waals surface area contributed by atoms with Crippen LogP contribution in [0.2, 0.25) is 0 Å². The highest BCUT2D eigenvalue weighted by molar-refractivity contribution is 5.87. The predicted molar refractivity (Wildman–Crippen MR) is 77.4 cm³/mol. The van der Waals surface area contributed by atoms with E-state index >= 15 is 0 Å². The summed E-state index contributed by atoms with van der Waals surface area (Å²) in [5, 5.41) is 0. The van der Waals surface area contributed by atoms with Gasteiger partial charge in [-0.3, -0.25) is 4.79 Å². The average Bonchev–Trinajstić information content (AvgIpc) is 2.90. The molecule has 102 valence electrons. The van der Waals surface area contributed by atoms with Crippen LogP contribution in [-0.4, -0.2) is 21.9 Å². The van der Waals surface area contributed by atoms with Gasteiger partial charge in [0, 0.05) is 25.0 Å². The standard InChI is InChI=1S/C17H18N2O/c1-12-16-7-4-8-18(16)9-10-19(12)17(20)15-11-13-5-2-3-6-14(13)15/h2-8,12,15H,9-11H2,1H3/t12-,15+/m1/s1. The lowest BCUT2D eigenvalue weighted by molar-refractivity contribution is -0.136. The lowest BCUT2D eigenvalue weighted by Gasteiger charge is -2.40. The van der Waals surface area contributed by atoms with E-state index in [1.165, 1.54) is 16.8 Å². The summed E-state index contributed by atoms with van der Waals surface area (Å²) in [7, 11) is 0. The molecule has 1 aliphatic carbocycles. The zero-order chi connectivity index (χ0) is 13.7. The van der Waals surface area contributed by atoms with Gasteiger partial charge in [0.05, 0.1) is 12.0 Å². The van der Waals surface area contributed by atoms with Crippen molar-refractivity contribution in [1.29, 1.82) is 0 Å². The fourth-order valence-electron chi connectivity index (χ4n) is 3.56. The van der Waals surface area contributed by atoms with Gasteiger partial charge in [0.15, 0.2) is 0 Å². The Labute approximate surface area is 118 Å². The highest BCUT2D eigenvalue weighted by Crippen LogP contribution is 2.38. The number of carbonyl (C=O) groups excluding carboxylic acids is 1. The first kappa shape index (κ1) is 11.8. The van der Waals surface area contributed by atoms with Crippen molar-refractivity contribution in [2.75, 3.05) is 6.54 Å². The van der Waals surface area contributed by atoms with Crippen LogP contribution in [0.15, 0.2) is 42.6 Å². The molecule has 0 radical (unpaired) electrons. The van der Waals surface area contributed by atoms with Crippen molar-refractivity contribution >= 4 is 5.91 Å². The largest absolute Gasteiger partial charge is 0.348 e. The third-order valence-corrected chi connectivity index (χ3v) is 4.78. The number of benzene rings is 1. The maximum absolute atomic E-state index is 12.8. The van der Waals surface area contributed by atoms with Crippen molar-refractivity contribution < 1.29 is 4.79 Å². The SMILES string of the molecule is C[C@@H]1c2cccn2CCN1C(=O)[C@H]1Cc2ccccc21. The highest BCUT2D eigenvalue weighted by Gasteiger charge is 2.37. The van der Waals surface area contributed by atoms with E-state index in [9.17, 15) is 4.79 Å². The molecular weight excluding hydrogens is 248 g/mol. The maximum Gasteiger partial charge on any atom is 0.231 e. The van der Waals surface area contributed by atoms with Crippen LogP contribution in [-0.2, 0) is 17.8 Å². The Morgan fingerprint density at radius 3 is 2.85 bits per heavy atom. The molecule has 0 spiro atoms. The van der Waals surface area contributed by atoms with Gasteiger partial charge < -0.3 is 9.47 Å². The van der Waals surface area contributed by atoms with E-state index in [4.69, 9.17) is 0 Å². The second-order valence-corrected chi connectivity index (χ2v) is 5.79. The minimum Gasteiger partial charge on any atom is -0.348 e.